The van der Waals surface area contributed by atoms with E-state index in [1.165, 1.54) is 4.90 Å². The molecule has 1 aliphatic heterocycles. The van der Waals surface area contributed by atoms with Gasteiger partial charge in [0.05, 0.1) is 33.3 Å². The van der Waals surface area contributed by atoms with Crippen LogP contribution in [-0.2, 0) is 0 Å². The molecular weight excluding hydrogens is 378 g/mol. The summed E-state index contributed by atoms with van der Waals surface area (Å²) in [6.07, 6.45) is 3.97. The van der Waals surface area contributed by atoms with Crippen LogP contribution in [0.2, 0.25) is 0 Å². The molecule has 6 heteroatoms. The Morgan fingerprint density at radius 1 is 0.967 bits per heavy atom. The quantitative estimate of drug-likeness (QED) is 0.652. The Morgan fingerprint density at radius 2 is 1.67 bits per heavy atom. The van der Waals surface area contributed by atoms with Gasteiger partial charge in [0.15, 0.2) is 0 Å². The number of hydrogen-bond acceptors (Lipinski definition) is 3. The van der Waals surface area contributed by atoms with Crippen LogP contribution < -0.4 is 14.4 Å². The lowest BCUT2D eigenvalue weighted by Crippen LogP contribution is -3.15. The highest BCUT2D eigenvalue weighted by molar-refractivity contribution is 5.94. The zero-order chi connectivity index (χ0) is 20.8. The molecule has 0 saturated carbocycles. The number of carbonyl (C=O) groups excluding carboxylic acids is 1. The van der Waals surface area contributed by atoms with Crippen LogP contribution in [0.3, 0.4) is 0 Å². The fraction of sp³-hybridized carbons (Fsp3) is 0.292. The highest BCUT2D eigenvalue weighted by atomic mass is 16.5. The van der Waals surface area contributed by atoms with Crippen molar-refractivity contribution in [3.05, 3.63) is 78.6 Å². The predicted molar refractivity (Wildman–Crippen MR) is 116 cm³/mol. The fourth-order valence-corrected chi connectivity index (χ4v) is 3.75. The second kappa shape index (κ2) is 9.50. The number of hydrogen-bond donors (Lipinski definition) is 1. The molecule has 156 valence electrons. The van der Waals surface area contributed by atoms with E-state index in [-0.39, 0.29) is 5.91 Å². The van der Waals surface area contributed by atoms with Crippen molar-refractivity contribution in [2.24, 2.45) is 0 Å². The van der Waals surface area contributed by atoms with Crippen molar-refractivity contribution in [1.29, 1.82) is 0 Å². The first-order chi connectivity index (χ1) is 14.7. The third kappa shape index (κ3) is 4.83. The summed E-state index contributed by atoms with van der Waals surface area (Å²) in [4.78, 5) is 16.4. The molecular formula is C24H28N3O3+. The third-order valence-electron chi connectivity index (χ3n) is 5.54. The molecule has 6 nitrogen and oxygen atoms in total. The smallest absolute Gasteiger partial charge is 0.254 e. The Bertz CT molecular complexity index is 946. The van der Waals surface area contributed by atoms with E-state index in [1.54, 1.807) is 7.11 Å². The van der Waals surface area contributed by atoms with Gasteiger partial charge in [0, 0.05) is 23.6 Å². The van der Waals surface area contributed by atoms with Gasteiger partial charge in [-0.3, -0.25) is 4.79 Å². The van der Waals surface area contributed by atoms with Gasteiger partial charge >= 0.3 is 0 Å². The minimum absolute atomic E-state index is 0.109. The lowest BCUT2D eigenvalue weighted by Gasteiger charge is -2.32. The molecule has 0 radical (unpaired) electrons. The van der Waals surface area contributed by atoms with Gasteiger partial charge in [-0.05, 0) is 54.6 Å². The molecule has 2 aromatic carbocycles. The number of carbonyl (C=O) groups is 1. The van der Waals surface area contributed by atoms with E-state index >= 15 is 0 Å². The van der Waals surface area contributed by atoms with Gasteiger partial charge < -0.3 is 23.8 Å². The standard InChI is InChI=1S/C24H27N3O3/c1-29-22-7-9-23(10-8-22)30-18-17-25-13-15-27(16-14-25)24(28)20-5-4-6-21(19-20)26-11-2-3-12-26/h2-12,19H,13-18H2,1H3/p+1. The number of ether oxygens (including phenoxy) is 2. The van der Waals surface area contributed by atoms with E-state index in [0.717, 1.165) is 55.5 Å². The molecule has 3 aromatic rings. The fourth-order valence-electron chi connectivity index (χ4n) is 3.75. The normalized spacial score (nSPS) is 14.5. The molecule has 0 atom stereocenters. The second-order valence-corrected chi connectivity index (χ2v) is 7.46. The summed E-state index contributed by atoms with van der Waals surface area (Å²) in [6.45, 7) is 5.00. The van der Waals surface area contributed by atoms with Crippen LogP contribution in [0.4, 0.5) is 0 Å². The molecule has 30 heavy (non-hydrogen) atoms. The zero-order valence-corrected chi connectivity index (χ0v) is 17.3. The van der Waals surface area contributed by atoms with Crippen LogP contribution in [-0.4, -0.2) is 61.8 Å². The first-order valence-corrected chi connectivity index (χ1v) is 10.4. The third-order valence-corrected chi connectivity index (χ3v) is 5.54. The molecule has 1 fully saturated rings. The van der Waals surface area contributed by atoms with Crippen LogP contribution in [0.5, 0.6) is 11.5 Å². The van der Waals surface area contributed by atoms with Crippen molar-refractivity contribution in [2.75, 3.05) is 46.4 Å². The largest absolute Gasteiger partial charge is 0.497 e. The highest BCUT2D eigenvalue weighted by Crippen LogP contribution is 2.16. The summed E-state index contributed by atoms with van der Waals surface area (Å²) >= 11 is 0. The minimum atomic E-state index is 0.109. The van der Waals surface area contributed by atoms with Crippen LogP contribution in [0.15, 0.2) is 73.1 Å². The van der Waals surface area contributed by atoms with E-state index in [2.05, 4.69) is 0 Å². The average Bonchev–Trinajstić information content (AvgIpc) is 3.35. The first kappa shape index (κ1) is 20.0. The number of amides is 1. The van der Waals surface area contributed by atoms with Crippen LogP contribution in [0.25, 0.3) is 5.69 Å². The number of quaternary nitrogens is 1. The van der Waals surface area contributed by atoms with Crippen molar-refractivity contribution < 1.29 is 19.2 Å². The predicted octanol–water partition coefficient (Wildman–Crippen LogP) is 1.91. The molecule has 1 aliphatic rings. The van der Waals surface area contributed by atoms with Gasteiger partial charge in [-0.25, -0.2) is 0 Å². The van der Waals surface area contributed by atoms with Crippen molar-refractivity contribution >= 4 is 5.91 Å². The van der Waals surface area contributed by atoms with Gasteiger partial charge in [-0.1, -0.05) is 6.07 Å². The van der Waals surface area contributed by atoms with E-state index in [4.69, 9.17) is 9.47 Å². The summed E-state index contributed by atoms with van der Waals surface area (Å²) in [5, 5.41) is 0. The Kier molecular flexibility index (Phi) is 6.35. The number of rotatable bonds is 7. The summed E-state index contributed by atoms with van der Waals surface area (Å²) in [5.41, 5.74) is 1.75. The second-order valence-electron chi connectivity index (χ2n) is 7.46. The van der Waals surface area contributed by atoms with Crippen LogP contribution in [0, 0.1) is 0 Å². The number of nitrogens with one attached hydrogen (secondary N) is 1. The summed E-state index contributed by atoms with van der Waals surface area (Å²) in [6, 6.07) is 19.4. The van der Waals surface area contributed by atoms with E-state index < -0.39 is 0 Å². The molecule has 0 spiro atoms. The lowest BCUT2D eigenvalue weighted by molar-refractivity contribution is -0.903. The highest BCUT2D eigenvalue weighted by Gasteiger charge is 2.24. The Hall–Kier alpha value is -3.25. The number of nitrogens with zero attached hydrogens (tertiary/aromatic N) is 2. The number of methoxy groups -OCH3 is 1. The Balaban J connectivity index is 1.25. The molecule has 0 unspecified atom stereocenters. The van der Waals surface area contributed by atoms with Crippen molar-refractivity contribution in [3.63, 3.8) is 0 Å². The molecule has 2 heterocycles. The Morgan fingerprint density at radius 3 is 2.37 bits per heavy atom. The monoisotopic (exact) mass is 406 g/mol. The molecule has 1 saturated heterocycles. The minimum Gasteiger partial charge on any atom is -0.497 e. The van der Waals surface area contributed by atoms with E-state index in [0.29, 0.717) is 6.61 Å². The van der Waals surface area contributed by atoms with Gasteiger partial charge in [0.2, 0.25) is 0 Å². The summed E-state index contributed by atoms with van der Waals surface area (Å²) in [7, 11) is 1.66. The van der Waals surface area contributed by atoms with E-state index in [9.17, 15) is 4.79 Å². The summed E-state index contributed by atoms with van der Waals surface area (Å²) in [5.74, 6) is 1.79. The SMILES string of the molecule is COc1ccc(OCC[NH+]2CCN(C(=O)c3cccc(-n4cccc4)c3)CC2)cc1. The molecule has 1 aromatic heterocycles. The van der Waals surface area contributed by atoms with Gasteiger partial charge in [-0.2, -0.15) is 0 Å². The number of piperazine rings is 1. The number of benzene rings is 2. The Labute approximate surface area is 177 Å². The first-order valence-electron chi connectivity index (χ1n) is 10.4. The molecule has 1 amide bonds. The maximum Gasteiger partial charge on any atom is 0.254 e. The topological polar surface area (TPSA) is 48.1 Å². The summed E-state index contributed by atoms with van der Waals surface area (Å²) < 4.78 is 13.0. The molecule has 0 aliphatic carbocycles. The van der Waals surface area contributed by atoms with Gasteiger partial charge in [-0.15, -0.1) is 0 Å². The zero-order valence-electron chi connectivity index (χ0n) is 17.3. The van der Waals surface area contributed by atoms with Gasteiger partial charge in [0.1, 0.15) is 24.7 Å². The average molecular weight is 407 g/mol. The van der Waals surface area contributed by atoms with Crippen LogP contribution in [0.1, 0.15) is 10.4 Å². The lowest BCUT2D eigenvalue weighted by atomic mass is 10.1. The maximum atomic E-state index is 13.0. The van der Waals surface area contributed by atoms with Crippen molar-refractivity contribution in [3.8, 4) is 17.2 Å². The van der Waals surface area contributed by atoms with E-state index in [1.807, 2.05) is 82.5 Å². The van der Waals surface area contributed by atoms with Gasteiger partial charge in [0.25, 0.3) is 5.91 Å². The van der Waals surface area contributed by atoms with Crippen LogP contribution >= 0.6 is 0 Å². The van der Waals surface area contributed by atoms with Crippen molar-refractivity contribution in [2.45, 2.75) is 0 Å². The number of aromatic nitrogens is 1. The molecule has 1 N–H and O–H groups in total. The van der Waals surface area contributed by atoms with Crippen molar-refractivity contribution in [1.82, 2.24) is 9.47 Å². The maximum absolute atomic E-state index is 13.0. The molecule has 4 rings (SSSR count). The molecule has 0 bridgehead atoms.